The van der Waals surface area contributed by atoms with Crippen LogP contribution in [-0.2, 0) is 6.54 Å². The summed E-state index contributed by atoms with van der Waals surface area (Å²) >= 11 is 1.71. The Labute approximate surface area is 132 Å². The van der Waals surface area contributed by atoms with Crippen LogP contribution in [0.4, 0.5) is 0 Å². The molecule has 0 aromatic carbocycles. The minimum atomic E-state index is 0.643. The normalized spacial score (nSPS) is 12.0. The molecule has 0 aliphatic rings. The molecule has 0 saturated carbocycles. The van der Waals surface area contributed by atoms with Crippen molar-refractivity contribution in [1.82, 2.24) is 20.5 Å². The van der Waals surface area contributed by atoms with Crippen molar-refractivity contribution >= 4 is 17.3 Å². The Balaban J connectivity index is 2.35. The SMILES string of the molecule is CCNC(=NCc1ncc(C)s1)NCCCN(CC)CC. The fraction of sp³-hybridized carbons (Fsp3) is 0.733. The van der Waals surface area contributed by atoms with Gasteiger partial charge in [-0.05, 0) is 39.9 Å². The number of thiazole rings is 1. The first-order chi connectivity index (χ1) is 10.2. The predicted octanol–water partition coefficient (Wildman–Crippen LogP) is 2.24. The van der Waals surface area contributed by atoms with Crippen molar-refractivity contribution in [3.8, 4) is 0 Å². The number of rotatable bonds is 9. The zero-order valence-electron chi connectivity index (χ0n) is 13.8. The van der Waals surface area contributed by atoms with Crippen LogP contribution in [0.1, 0.15) is 37.1 Å². The highest BCUT2D eigenvalue weighted by molar-refractivity contribution is 7.11. The summed E-state index contributed by atoms with van der Waals surface area (Å²) in [7, 11) is 0. The van der Waals surface area contributed by atoms with Gasteiger partial charge in [-0.25, -0.2) is 9.98 Å². The van der Waals surface area contributed by atoms with Gasteiger partial charge >= 0.3 is 0 Å². The number of nitrogens with one attached hydrogen (secondary N) is 2. The van der Waals surface area contributed by atoms with Crippen molar-refractivity contribution in [2.75, 3.05) is 32.7 Å². The minimum absolute atomic E-state index is 0.643. The Morgan fingerprint density at radius 3 is 2.62 bits per heavy atom. The molecule has 1 heterocycles. The molecule has 0 fully saturated rings. The van der Waals surface area contributed by atoms with Crippen LogP contribution in [0.15, 0.2) is 11.2 Å². The van der Waals surface area contributed by atoms with Crippen LogP contribution in [0.2, 0.25) is 0 Å². The molecule has 0 amide bonds. The Hall–Kier alpha value is -1.14. The summed E-state index contributed by atoms with van der Waals surface area (Å²) in [5, 5.41) is 7.73. The van der Waals surface area contributed by atoms with E-state index < -0.39 is 0 Å². The van der Waals surface area contributed by atoms with Crippen LogP contribution in [0.5, 0.6) is 0 Å². The van der Waals surface area contributed by atoms with Crippen molar-refractivity contribution in [3.63, 3.8) is 0 Å². The zero-order chi connectivity index (χ0) is 15.5. The lowest BCUT2D eigenvalue weighted by Crippen LogP contribution is -2.38. The quantitative estimate of drug-likeness (QED) is 0.417. The molecule has 0 unspecified atom stereocenters. The number of hydrogen-bond acceptors (Lipinski definition) is 4. The molecule has 2 N–H and O–H groups in total. The maximum Gasteiger partial charge on any atom is 0.191 e. The van der Waals surface area contributed by atoms with Gasteiger partial charge in [0, 0.05) is 24.2 Å². The standard InChI is InChI=1S/C15H29N5S/c1-5-16-15(17-9-8-10-20(6-2)7-3)19-12-14-18-11-13(4)21-14/h11H,5-10,12H2,1-4H3,(H2,16,17,19). The van der Waals surface area contributed by atoms with Gasteiger partial charge in [0.15, 0.2) is 5.96 Å². The molecule has 0 spiro atoms. The molecule has 0 bridgehead atoms. The monoisotopic (exact) mass is 311 g/mol. The molecule has 0 atom stereocenters. The largest absolute Gasteiger partial charge is 0.357 e. The fourth-order valence-electron chi connectivity index (χ4n) is 2.01. The van der Waals surface area contributed by atoms with Crippen LogP contribution < -0.4 is 10.6 Å². The van der Waals surface area contributed by atoms with Crippen LogP contribution in [0.3, 0.4) is 0 Å². The number of aromatic nitrogens is 1. The first kappa shape index (κ1) is 17.9. The fourth-order valence-corrected chi connectivity index (χ4v) is 2.72. The second kappa shape index (κ2) is 10.6. The van der Waals surface area contributed by atoms with Gasteiger partial charge in [-0.15, -0.1) is 11.3 Å². The average Bonchev–Trinajstić information content (AvgIpc) is 2.90. The molecule has 1 aromatic heterocycles. The van der Waals surface area contributed by atoms with Gasteiger partial charge in [-0.1, -0.05) is 13.8 Å². The third kappa shape index (κ3) is 7.43. The number of aryl methyl sites for hydroxylation is 1. The van der Waals surface area contributed by atoms with E-state index in [-0.39, 0.29) is 0 Å². The van der Waals surface area contributed by atoms with Crippen molar-refractivity contribution in [2.24, 2.45) is 4.99 Å². The van der Waals surface area contributed by atoms with Gasteiger partial charge in [0.05, 0.1) is 6.54 Å². The van der Waals surface area contributed by atoms with E-state index >= 15 is 0 Å². The molecule has 0 aliphatic heterocycles. The topological polar surface area (TPSA) is 52.6 Å². The Bertz CT molecular complexity index is 412. The third-order valence-corrected chi connectivity index (χ3v) is 4.12. The summed E-state index contributed by atoms with van der Waals surface area (Å²) < 4.78 is 0. The molecule has 5 nitrogen and oxygen atoms in total. The minimum Gasteiger partial charge on any atom is -0.357 e. The number of guanidine groups is 1. The third-order valence-electron chi connectivity index (χ3n) is 3.22. The molecule has 1 aromatic rings. The molecule has 21 heavy (non-hydrogen) atoms. The lowest BCUT2D eigenvalue weighted by atomic mass is 10.3. The van der Waals surface area contributed by atoms with E-state index in [4.69, 9.17) is 0 Å². The van der Waals surface area contributed by atoms with Crippen LogP contribution in [-0.4, -0.2) is 48.6 Å². The highest BCUT2D eigenvalue weighted by atomic mass is 32.1. The van der Waals surface area contributed by atoms with Crippen LogP contribution in [0, 0.1) is 6.92 Å². The first-order valence-electron chi connectivity index (χ1n) is 7.85. The lowest BCUT2D eigenvalue weighted by Gasteiger charge is -2.18. The summed E-state index contributed by atoms with van der Waals surface area (Å²) in [5.41, 5.74) is 0. The summed E-state index contributed by atoms with van der Waals surface area (Å²) in [5.74, 6) is 0.880. The van der Waals surface area contributed by atoms with Crippen molar-refractivity contribution < 1.29 is 0 Å². The van der Waals surface area contributed by atoms with E-state index in [1.807, 2.05) is 6.20 Å². The summed E-state index contributed by atoms with van der Waals surface area (Å²) in [6, 6.07) is 0. The summed E-state index contributed by atoms with van der Waals surface area (Å²) in [6.07, 6.45) is 3.03. The van der Waals surface area contributed by atoms with Gasteiger partial charge in [0.2, 0.25) is 0 Å². The molecule has 0 aliphatic carbocycles. The Morgan fingerprint density at radius 2 is 2.05 bits per heavy atom. The lowest BCUT2D eigenvalue weighted by molar-refractivity contribution is 0.300. The second-order valence-electron chi connectivity index (χ2n) is 4.87. The van der Waals surface area contributed by atoms with Crippen LogP contribution >= 0.6 is 11.3 Å². The zero-order valence-corrected chi connectivity index (χ0v) is 14.6. The molecular formula is C15H29N5S. The maximum atomic E-state index is 4.58. The van der Waals surface area contributed by atoms with E-state index in [0.29, 0.717) is 6.54 Å². The Morgan fingerprint density at radius 1 is 1.29 bits per heavy atom. The van der Waals surface area contributed by atoms with Crippen molar-refractivity contribution in [1.29, 1.82) is 0 Å². The van der Waals surface area contributed by atoms with E-state index in [0.717, 1.165) is 50.1 Å². The molecular weight excluding hydrogens is 282 g/mol. The van der Waals surface area contributed by atoms with Gasteiger partial charge in [-0.2, -0.15) is 0 Å². The van der Waals surface area contributed by atoms with Gasteiger partial charge < -0.3 is 15.5 Å². The van der Waals surface area contributed by atoms with Crippen molar-refractivity contribution in [2.45, 2.75) is 40.7 Å². The van der Waals surface area contributed by atoms with E-state index in [1.54, 1.807) is 11.3 Å². The van der Waals surface area contributed by atoms with Gasteiger partial charge in [-0.3, -0.25) is 0 Å². The number of aliphatic imine (C=N–C) groups is 1. The smallest absolute Gasteiger partial charge is 0.191 e. The maximum absolute atomic E-state index is 4.58. The molecule has 6 heteroatoms. The summed E-state index contributed by atoms with van der Waals surface area (Å²) in [4.78, 5) is 12.6. The predicted molar refractivity (Wildman–Crippen MR) is 92.1 cm³/mol. The summed E-state index contributed by atoms with van der Waals surface area (Å²) in [6.45, 7) is 14.4. The Kier molecular flexibility index (Phi) is 9.01. The highest BCUT2D eigenvalue weighted by Gasteiger charge is 2.01. The number of nitrogens with zero attached hydrogens (tertiary/aromatic N) is 3. The van der Waals surface area contributed by atoms with Crippen molar-refractivity contribution in [3.05, 3.63) is 16.1 Å². The second-order valence-corrected chi connectivity index (χ2v) is 6.19. The van der Waals surface area contributed by atoms with E-state index in [2.05, 4.69) is 53.2 Å². The van der Waals surface area contributed by atoms with Crippen LogP contribution in [0.25, 0.3) is 0 Å². The van der Waals surface area contributed by atoms with E-state index in [1.165, 1.54) is 4.88 Å². The van der Waals surface area contributed by atoms with Gasteiger partial charge in [0.1, 0.15) is 5.01 Å². The molecule has 120 valence electrons. The number of hydrogen-bond donors (Lipinski definition) is 2. The molecule has 1 rings (SSSR count). The average molecular weight is 311 g/mol. The van der Waals surface area contributed by atoms with E-state index in [9.17, 15) is 0 Å². The molecule has 0 saturated heterocycles. The molecule has 0 radical (unpaired) electrons. The van der Waals surface area contributed by atoms with Gasteiger partial charge in [0.25, 0.3) is 0 Å². The highest BCUT2D eigenvalue weighted by Crippen LogP contribution is 2.11. The first-order valence-corrected chi connectivity index (χ1v) is 8.67.